The molecule has 3 heterocycles. The Kier molecular flexibility index (Phi) is 5.45. The number of amides is 2. The Labute approximate surface area is 177 Å². The summed E-state index contributed by atoms with van der Waals surface area (Å²) in [7, 11) is 1.60. The van der Waals surface area contributed by atoms with Crippen LogP contribution in [-0.2, 0) is 17.8 Å². The second kappa shape index (κ2) is 8.36. The summed E-state index contributed by atoms with van der Waals surface area (Å²) >= 11 is 0. The van der Waals surface area contributed by atoms with Crippen LogP contribution < -0.4 is 10.2 Å². The van der Waals surface area contributed by atoms with E-state index in [-0.39, 0.29) is 18.1 Å². The first-order chi connectivity index (χ1) is 15.0. The summed E-state index contributed by atoms with van der Waals surface area (Å²) in [6, 6.07) is 11.8. The molecule has 0 bridgehead atoms. The van der Waals surface area contributed by atoms with Gasteiger partial charge in [0.25, 0.3) is 5.91 Å². The van der Waals surface area contributed by atoms with Crippen LogP contribution in [0.4, 0.5) is 10.2 Å². The summed E-state index contributed by atoms with van der Waals surface area (Å²) in [4.78, 5) is 31.1. The largest absolute Gasteiger partial charge is 0.339 e. The van der Waals surface area contributed by atoms with Crippen molar-refractivity contribution < 1.29 is 14.0 Å². The van der Waals surface area contributed by atoms with Crippen LogP contribution >= 0.6 is 0 Å². The Morgan fingerprint density at radius 3 is 3.00 bits per heavy atom. The molecule has 0 radical (unpaired) electrons. The molecule has 1 aliphatic heterocycles. The summed E-state index contributed by atoms with van der Waals surface area (Å²) in [6.07, 6.45) is 3.65. The Hall–Kier alpha value is -4.06. The van der Waals surface area contributed by atoms with Crippen LogP contribution in [0.5, 0.6) is 0 Å². The summed E-state index contributed by atoms with van der Waals surface area (Å²) in [5, 5.41) is 15.7. The molecule has 1 atom stereocenters. The standard InChI is InChI=1S/C22H19FN6O2/c1-28-20-16(6-3-9-25-20)7-8-18(22(28)31)26-21(30)19-17(23)13-29(27-19)12-15-5-2-4-14(10-15)11-24/h2-6,9-10,13,18H,7-8,12H2,1H3,(H,26,30)/t18-/m1/s1. The number of halogens is 1. The van der Waals surface area contributed by atoms with E-state index in [0.717, 1.165) is 17.3 Å². The molecule has 0 aliphatic carbocycles. The minimum Gasteiger partial charge on any atom is -0.339 e. The number of anilines is 1. The predicted octanol–water partition coefficient (Wildman–Crippen LogP) is 2.04. The van der Waals surface area contributed by atoms with Gasteiger partial charge in [-0.1, -0.05) is 18.2 Å². The fourth-order valence-corrected chi connectivity index (χ4v) is 3.61. The van der Waals surface area contributed by atoms with Crippen molar-refractivity contribution in [3.63, 3.8) is 0 Å². The van der Waals surface area contributed by atoms with E-state index in [1.807, 2.05) is 12.1 Å². The number of likely N-dealkylation sites (N-methyl/N-ethyl adjacent to an activating group) is 1. The van der Waals surface area contributed by atoms with E-state index >= 15 is 0 Å². The molecule has 0 spiro atoms. The second-order valence-corrected chi connectivity index (χ2v) is 7.28. The van der Waals surface area contributed by atoms with Crippen LogP contribution in [-0.4, -0.2) is 39.7 Å². The third-order valence-electron chi connectivity index (χ3n) is 5.15. The van der Waals surface area contributed by atoms with E-state index in [4.69, 9.17) is 5.26 Å². The molecule has 4 rings (SSSR count). The third-order valence-corrected chi connectivity index (χ3v) is 5.15. The first kappa shape index (κ1) is 20.2. The van der Waals surface area contributed by atoms with Crippen LogP contribution in [0.1, 0.15) is 33.6 Å². The average molecular weight is 418 g/mol. The Bertz CT molecular complexity index is 1200. The number of aromatic nitrogens is 3. The monoisotopic (exact) mass is 418 g/mol. The lowest BCUT2D eigenvalue weighted by atomic mass is 10.1. The van der Waals surface area contributed by atoms with Gasteiger partial charge in [-0.25, -0.2) is 9.37 Å². The molecule has 2 amide bonds. The highest BCUT2D eigenvalue weighted by Gasteiger charge is 2.31. The minimum atomic E-state index is -0.816. The molecule has 2 aromatic heterocycles. The van der Waals surface area contributed by atoms with Crippen molar-refractivity contribution in [3.05, 3.63) is 77.0 Å². The zero-order valence-corrected chi connectivity index (χ0v) is 16.7. The molecule has 1 aliphatic rings. The smallest absolute Gasteiger partial charge is 0.275 e. The molecular weight excluding hydrogens is 399 g/mol. The fraction of sp³-hybridized carbons (Fsp3) is 0.227. The van der Waals surface area contributed by atoms with Gasteiger partial charge >= 0.3 is 0 Å². The van der Waals surface area contributed by atoms with Gasteiger partial charge in [-0.05, 0) is 42.2 Å². The van der Waals surface area contributed by atoms with E-state index < -0.39 is 17.8 Å². The van der Waals surface area contributed by atoms with Crippen molar-refractivity contribution >= 4 is 17.6 Å². The summed E-state index contributed by atoms with van der Waals surface area (Å²) in [5.74, 6) is -1.31. The van der Waals surface area contributed by atoms with Crippen molar-refractivity contribution in [2.24, 2.45) is 0 Å². The number of rotatable bonds is 4. The maximum Gasteiger partial charge on any atom is 0.275 e. The molecular formula is C22H19FN6O2. The van der Waals surface area contributed by atoms with Gasteiger partial charge in [0.05, 0.1) is 24.4 Å². The Morgan fingerprint density at radius 1 is 1.35 bits per heavy atom. The Morgan fingerprint density at radius 2 is 2.19 bits per heavy atom. The lowest BCUT2D eigenvalue weighted by Gasteiger charge is -2.20. The van der Waals surface area contributed by atoms with E-state index in [2.05, 4.69) is 15.4 Å². The molecule has 31 heavy (non-hydrogen) atoms. The second-order valence-electron chi connectivity index (χ2n) is 7.28. The molecule has 1 N–H and O–H groups in total. The summed E-state index contributed by atoms with van der Waals surface area (Å²) in [5.41, 5.74) is 1.76. The van der Waals surface area contributed by atoms with Crippen LogP contribution in [0.15, 0.2) is 48.8 Å². The Balaban J connectivity index is 1.49. The van der Waals surface area contributed by atoms with Gasteiger partial charge < -0.3 is 5.32 Å². The van der Waals surface area contributed by atoms with E-state index in [1.165, 1.54) is 9.58 Å². The van der Waals surface area contributed by atoms with Crippen LogP contribution in [0.2, 0.25) is 0 Å². The first-order valence-electron chi connectivity index (χ1n) is 9.70. The lowest BCUT2D eigenvalue weighted by Crippen LogP contribution is -2.47. The van der Waals surface area contributed by atoms with Crippen molar-refractivity contribution in [1.29, 1.82) is 5.26 Å². The maximum atomic E-state index is 14.4. The van der Waals surface area contributed by atoms with Gasteiger partial charge in [-0.15, -0.1) is 0 Å². The molecule has 0 unspecified atom stereocenters. The van der Waals surface area contributed by atoms with Crippen molar-refractivity contribution in [2.75, 3.05) is 11.9 Å². The number of pyridine rings is 1. The molecule has 156 valence electrons. The van der Waals surface area contributed by atoms with Crippen molar-refractivity contribution in [2.45, 2.75) is 25.4 Å². The molecule has 8 nitrogen and oxygen atoms in total. The number of aryl methyl sites for hydroxylation is 1. The highest BCUT2D eigenvalue weighted by molar-refractivity contribution is 6.01. The number of carbonyl (C=O) groups is 2. The number of nitriles is 1. The van der Waals surface area contributed by atoms with Crippen LogP contribution in [0.25, 0.3) is 0 Å². The number of nitrogens with one attached hydrogen (secondary N) is 1. The maximum absolute atomic E-state index is 14.4. The zero-order chi connectivity index (χ0) is 22.0. The highest BCUT2D eigenvalue weighted by Crippen LogP contribution is 2.23. The highest BCUT2D eigenvalue weighted by atomic mass is 19.1. The topological polar surface area (TPSA) is 104 Å². The van der Waals surface area contributed by atoms with E-state index in [1.54, 1.807) is 43.6 Å². The number of hydrogen-bond acceptors (Lipinski definition) is 5. The van der Waals surface area contributed by atoms with Crippen molar-refractivity contribution in [1.82, 2.24) is 20.1 Å². The van der Waals surface area contributed by atoms with E-state index in [0.29, 0.717) is 24.2 Å². The number of fused-ring (bicyclic) bond motifs is 1. The molecule has 1 aromatic carbocycles. The van der Waals surface area contributed by atoms with Crippen LogP contribution in [0.3, 0.4) is 0 Å². The first-order valence-corrected chi connectivity index (χ1v) is 9.70. The molecule has 0 saturated heterocycles. The summed E-state index contributed by atoms with van der Waals surface area (Å²) in [6.45, 7) is 0.200. The molecule has 3 aromatic rings. The molecule has 0 fully saturated rings. The summed E-state index contributed by atoms with van der Waals surface area (Å²) < 4.78 is 15.7. The molecule has 0 saturated carbocycles. The average Bonchev–Trinajstić information content (AvgIpc) is 3.10. The number of nitrogens with zero attached hydrogens (tertiary/aromatic N) is 5. The van der Waals surface area contributed by atoms with Crippen LogP contribution in [0, 0.1) is 17.1 Å². The van der Waals surface area contributed by atoms with Gasteiger partial charge in [-0.3, -0.25) is 19.2 Å². The van der Waals surface area contributed by atoms with Gasteiger partial charge in [-0.2, -0.15) is 10.4 Å². The third kappa shape index (κ3) is 4.14. The fourth-order valence-electron chi connectivity index (χ4n) is 3.61. The minimum absolute atomic E-state index is 0.200. The van der Waals surface area contributed by atoms with E-state index in [9.17, 15) is 14.0 Å². The zero-order valence-electron chi connectivity index (χ0n) is 16.7. The predicted molar refractivity (Wildman–Crippen MR) is 110 cm³/mol. The number of carbonyl (C=O) groups excluding carboxylic acids is 2. The normalized spacial score (nSPS) is 15.7. The van der Waals surface area contributed by atoms with Crippen molar-refractivity contribution in [3.8, 4) is 6.07 Å². The number of hydrogen-bond donors (Lipinski definition) is 1. The number of benzene rings is 1. The lowest BCUT2D eigenvalue weighted by molar-refractivity contribution is -0.120. The van der Waals surface area contributed by atoms with Gasteiger partial charge in [0.1, 0.15) is 11.9 Å². The molecule has 9 heteroatoms. The SMILES string of the molecule is CN1C(=O)[C@H](NC(=O)c2nn(Cc3cccc(C#N)c3)cc2F)CCc2cccnc21. The van der Waals surface area contributed by atoms with Gasteiger partial charge in [0, 0.05) is 13.2 Å². The quantitative estimate of drug-likeness (QED) is 0.698. The van der Waals surface area contributed by atoms with Gasteiger partial charge in [0.2, 0.25) is 5.91 Å². The van der Waals surface area contributed by atoms with Gasteiger partial charge in [0.15, 0.2) is 11.5 Å².